The third-order valence-electron chi connectivity index (χ3n) is 4.92. The molecule has 0 aliphatic rings. The molecular weight excluding hydrogens is 501 g/mol. The molecule has 0 unspecified atom stereocenters. The molecule has 12 heteroatoms. The second-order valence-electron chi connectivity index (χ2n) is 7.29. The SMILES string of the molecule is O=C(O)CNC(=O)c1c(O)c(C(=O)NCc2ccc(Cl)cc2)c(O)n(Cc2ccccc2Cl)c1=O. The molecule has 1 aromatic heterocycles. The first-order valence-electron chi connectivity index (χ1n) is 10.0. The highest BCUT2D eigenvalue weighted by atomic mass is 35.5. The number of amides is 2. The monoisotopic (exact) mass is 519 g/mol. The van der Waals surface area contributed by atoms with Crippen LogP contribution < -0.4 is 16.2 Å². The first-order valence-corrected chi connectivity index (χ1v) is 10.8. The van der Waals surface area contributed by atoms with E-state index in [1.54, 1.807) is 48.5 Å². The number of carboxylic acids is 1. The number of carboxylic acid groups (broad SMARTS) is 1. The van der Waals surface area contributed by atoms with Crippen LogP contribution in [-0.2, 0) is 17.9 Å². The van der Waals surface area contributed by atoms with E-state index >= 15 is 0 Å². The van der Waals surface area contributed by atoms with E-state index in [0.717, 1.165) is 0 Å². The van der Waals surface area contributed by atoms with Crippen LogP contribution in [0.3, 0.4) is 0 Å². The lowest BCUT2D eigenvalue weighted by molar-refractivity contribution is -0.135. The van der Waals surface area contributed by atoms with Gasteiger partial charge in [0.2, 0.25) is 5.88 Å². The van der Waals surface area contributed by atoms with Crippen LogP contribution in [0.4, 0.5) is 0 Å². The van der Waals surface area contributed by atoms with Crippen LogP contribution in [0, 0.1) is 0 Å². The van der Waals surface area contributed by atoms with Crippen molar-refractivity contribution in [3.05, 3.63) is 91.2 Å². The van der Waals surface area contributed by atoms with Crippen molar-refractivity contribution in [3.63, 3.8) is 0 Å². The maximum Gasteiger partial charge on any atom is 0.322 e. The van der Waals surface area contributed by atoms with Gasteiger partial charge in [-0.05, 0) is 29.3 Å². The summed E-state index contributed by atoms with van der Waals surface area (Å²) in [7, 11) is 0. The predicted octanol–water partition coefficient (Wildman–Crippen LogP) is 2.36. The van der Waals surface area contributed by atoms with Gasteiger partial charge in [0.15, 0.2) is 5.75 Å². The highest BCUT2D eigenvalue weighted by molar-refractivity contribution is 6.31. The van der Waals surface area contributed by atoms with Crippen molar-refractivity contribution < 1.29 is 29.7 Å². The van der Waals surface area contributed by atoms with Crippen LogP contribution in [0.2, 0.25) is 10.0 Å². The third-order valence-corrected chi connectivity index (χ3v) is 5.54. The molecule has 2 aromatic carbocycles. The Labute approximate surface area is 208 Å². The summed E-state index contributed by atoms with van der Waals surface area (Å²) in [5, 5.41) is 35.4. The molecule has 2 amide bonds. The van der Waals surface area contributed by atoms with Gasteiger partial charge in [-0.2, -0.15) is 0 Å². The molecule has 35 heavy (non-hydrogen) atoms. The molecule has 0 bridgehead atoms. The zero-order valence-corrected chi connectivity index (χ0v) is 19.4. The molecule has 1 heterocycles. The quantitative estimate of drug-likeness (QED) is 0.305. The van der Waals surface area contributed by atoms with Gasteiger partial charge in [0.05, 0.1) is 6.54 Å². The first kappa shape index (κ1) is 25.6. The molecule has 5 N–H and O–H groups in total. The molecular formula is C23H19Cl2N3O7. The Morgan fingerprint density at radius 2 is 1.51 bits per heavy atom. The summed E-state index contributed by atoms with van der Waals surface area (Å²) in [5.74, 6) is -5.63. The van der Waals surface area contributed by atoms with Crippen LogP contribution >= 0.6 is 23.2 Å². The summed E-state index contributed by atoms with van der Waals surface area (Å²) in [4.78, 5) is 49.4. The molecule has 0 atom stereocenters. The maximum atomic E-state index is 13.0. The van der Waals surface area contributed by atoms with Gasteiger partial charge in [0.1, 0.15) is 17.7 Å². The Hall–Kier alpha value is -4.02. The highest BCUT2D eigenvalue weighted by Gasteiger charge is 2.30. The van der Waals surface area contributed by atoms with Crippen molar-refractivity contribution in [2.45, 2.75) is 13.1 Å². The summed E-state index contributed by atoms with van der Waals surface area (Å²) in [6.45, 7) is -1.22. The van der Waals surface area contributed by atoms with E-state index in [9.17, 15) is 29.4 Å². The van der Waals surface area contributed by atoms with E-state index in [2.05, 4.69) is 5.32 Å². The number of aliphatic carboxylic acids is 1. The Morgan fingerprint density at radius 1 is 0.886 bits per heavy atom. The fraction of sp³-hybridized carbons (Fsp3) is 0.130. The number of pyridine rings is 1. The fourth-order valence-electron chi connectivity index (χ4n) is 3.17. The average Bonchev–Trinajstić information content (AvgIpc) is 2.81. The van der Waals surface area contributed by atoms with Gasteiger partial charge in [-0.25, -0.2) is 0 Å². The Morgan fingerprint density at radius 3 is 2.14 bits per heavy atom. The van der Waals surface area contributed by atoms with Crippen molar-refractivity contribution in [1.29, 1.82) is 0 Å². The van der Waals surface area contributed by atoms with Crippen LogP contribution in [0.25, 0.3) is 0 Å². The molecule has 0 fully saturated rings. The number of aromatic hydroxyl groups is 2. The van der Waals surface area contributed by atoms with E-state index < -0.39 is 52.6 Å². The molecule has 0 saturated carbocycles. The average molecular weight is 520 g/mol. The lowest BCUT2D eigenvalue weighted by Crippen LogP contribution is -2.37. The molecule has 0 aliphatic carbocycles. The number of benzene rings is 2. The standard InChI is InChI=1S/C23H19Cl2N3O7/c24-14-7-5-12(6-8-14)9-26-20(32)17-19(31)18(21(33)27-10-16(29)30)23(35)28(22(17)34)11-13-3-1-2-4-15(13)25/h1-8,31,34H,9-11H2,(H,26,32)(H,27,33)(H,29,30). The van der Waals surface area contributed by atoms with Gasteiger partial charge in [0.25, 0.3) is 17.4 Å². The van der Waals surface area contributed by atoms with Crippen LogP contribution in [0.5, 0.6) is 11.6 Å². The van der Waals surface area contributed by atoms with Crippen molar-refractivity contribution in [1.82, 2.24) is 15.2 Å². The van der Waals surface area contributed by atoms with E-state index in [1.807, 2.05) is 5.32 Å². The van der Waals surface area contributed by atoms with Crippen LogP contribution in [0.1, 0.15) is 31.8 Å². The summed E-state index contributed by atoms with van der Waals surface area (Å²) in [6.07, 6.45) is 0. The van der Waals surface area contributed by atoms with E-state index in [1.165, 1.54) is 0 Å². The Bertz CT molecular complexity index is 1350. The highest BCUT2D eigenvalue weighted by Crippen LogP contribution is 2.29. The number of carbonyl (C=O) groups excluding carboxylic acids is 2. The van der Waals surface area contributed by atoms with Gasteiger partial charge >= 0.3 is 5.97 Å². The number of aromatic nitrogens is 1. The van der Waals surface area contributed by atoms with Gasteiger partial charge in [0, 0.05) is 16.6 Å². The second kappa shape index (κ2) is 10.9. The van der Waals surface area contributed by atoms with Crippen molar-refractivity contribution in [2.24, 2.45) is 0 Å². The minimum atomic E-state index is -1.39. The number of nitrogens with one attached hydrogen (secondary N) is 2. The minimum Gasteiger partial charge on any atom is -0.506 e. The minimum absolute atomic E-state index is 0.0287. The molecule has 3 aromatic rings. The Kier molecular flexibility index (Phi) is 8.00. The molecule has 182 valence electrons. The number of hydrogen-bond acceptors (Lipinski definition) is 6. The van der Waals surface area contributed by atoms with Gasteiger partial charge < -0.3 is 26.0 Å². The van der Waals surface area contributed by atoms with Gasteiger partial charge in [-0.15, -0.1) is 0 Å². The number of carbonyl (C=O) groups is 3. The fourth-order valence-corrected chi connectivity index (χ4v) is 3.49. The Balaban J connectivity index is 2.07. The van der Waals surface area contributed by atoms with Crippen molar-refractivity contribution in [3.8, 4) is 11.6 Å². The summed E-state index contributed by atoms with van der Waals surface area (Å²) < 4.78 is 0.688. The molecule has 0 saturated heterocycles. The van der Waals surface area contributed by atoms with Crippen molar-refractivity contribution >= 4 is 41.0 Å². The van der Waals surface area contributed by atoms with Crippen LogP contribution in [0.15, 0.2) is 53.3 Å². The molecule has 3 rings (SSSR count). The molecule has 0 spiro atoms. The lowest BCUT2D eigenvalue weighted by atomic mass is 10.1. The number of halogens is 2. The molecule has 0 radical (unpaired) electrons. The zero-order valence-electron chi connectivity index (χ0n) is 17.9. The van der Waals surface area contributed by atoms with E-state index in [0.29, 0.717) is 20.7 Å². The number of rotatable bonds is 8. The lowest BCUT2D eigenvalue weighted by Gasteiger charge is -2.17. The first-order chi connectivity index (χ1) is 16.6. The predicted molar refractivity (Wildman–Crippen MR) is 127 cm³/mol. The van der Waals surface area contributed by atoms with Gasteiger partial charge in [-0.3, -0.25) is 23.7 Å². The topological polar surface area (TPSA) is 158 Å². The largest absolute Gasteiger partial charge is 0.506 e. The third kappa shape index (κ3) is 5.92. The van der Waals surface area contributed by atoms with Gasteiger partial charge in [-0.1, -0.05) is 53.5 Å². The summed E-state index contributed by atoms with van der Waals surface area (Å²) in [5.41, 5.74) is -1.79. The second-order valence-corrected chi connectivity index (χ2v) is 8.13. The smallest absolute Gasteiger partial charge is 0.322 e. The van der Waals surface area contributed by atoms with Crippen LogP contribution in [-0.4, -0.2) is 44.2 Å². The molecule has 10 nitrogen and oxygen atoms in total. The van der Waals surface area contributed by atoms with Crippen molar-refractivity contribution in [2.75, 3.05) is 6.54 Å². The normalized spacial score (nSPS) is 10.6. The van der Waals surface area contributed by atoms with E-state index in [-0.39, 0.29) is 18.1 Å². The summed E-state index contributed by atoms with van der Waals surface area (Å²) >= 11 is 12.0. The van der Waals surface area contributed by atoms with E-state index in [4.69, 9.17) is 28.3 Å². The summed E-state index contributed by atoms with van der Waals surface area (Å²) in [6, 6.07) is 12.9. The number of hydrogen-bond donors (Lipinski definition) is 5. The maximum absolute atomic E-state index is 13.0. The zero-order chi connectivity index (χ0) is 25.7. The molecule has 0 aliphatic heterocycles. The number of nitrogens with zero attached hydrogens (tertiary/aromatic N) is 1.